The van der Waals surface area contributed by atoms with Crippen molar-refractivity contribution in [2.24, 2.45) is 5.92 Å². The Kier molecular flexibility index (Phi) is 5.87. The number of hydrogen-bond donors (Lipinski definition) is 0. The molecule has 1 aromatic heterocycles. The molecule has 2 aliphatic rings. The third-order valence-corrected chi connectivity index (χ3v) is 5.48. The quantitative estimate of drug-likeness (QED) is 0.831. The Morgan fingerprint density at radius 2 is 2.08 bits per heavy atom. The fourth-order valence-corrected chi connectivity index (χ4v) is 4.02. The predicted octanol–water partition coefficient (Wildman–Crippen LogP) is 2.82. The lowest BCUT2D eigenvalue weighted by Crippen LogP contribution is -2.46. The van der Waals surface area contributed by atoms with Gasteiger partial charge in [0.25, 0.3) is 5.91 Å². The van der Waals surface area contributed by atoms with E-state index in [4.69, 9.17) is 4.74 Å². The molecule has 134 valence electrons. The number of carbonyl (C=O) groups excluding carboxylic acids is 1. The van der Waals surface area contributed by atoms with Crippen LogP contribution in [0.15, 0.2) is 12.7 Å². The molecule has 0 radical (unpaired) electrons. The summed E-state index contributed by atoms with van der Waals surface area (Å²) in [5.41, 5.74) is 0. The molecular weight excluding hydrogens is 304 g/mol. The van der Waals surface area contributed by atoms with E-state index in [-0.39, 0.29) is 18.1 Å². The zero-order valence-electron chi connectivity index (χ0n) is 14.9. The molecular formula is C18H30N4O2. The van der Waals surface area contributed by atoms with Crippen LogP contribution in [0.4, 0.5) is 0 Å². The molecule has 1 saturated carbocycles. The van der Waals surface area contributed by atoms with E-state index < -0.39 is 0 Å². The van der Waals surface area contributed by atoms with Gasteiger partial charge in [-0.3, -0.25) is 4.79 Å². The second-order valence-electron chi connectivity index (χ2n) is 7.36. The van der Waals surface area contributed by atoms with Gasteiger partial charge in [-0.25, -0.2) is 9.67 Å². The van der Waals surface area contributed by atoms with E-state index in [1.807, 2.05) is 9.58 Å². The summed E-state index contributed by atoms with van der Waals surface area (Å²) in [5, 5.41) is 4.22. The van der Waals surface area contributed by atoms with E-state index in [0.29, 0.717) is 6.04 Å². The first-order chi connectivity index (χ1) is 11.7. The van der Waals surface area contributed by atoms with Gasteiger partial charge in [0.05, 0.1) is 12.1 Å². The molecule has 6 heteroatoms. The minimum Gasteiger partial charge on any atom is -0.365 e. The van der Waals surface area contributed by atoms with Gasteiger partial charge in [0.15, 0.2) is 0 Å². The summed E-state index contributed by atoms with van der Waals surface area (Å²) in [6.45, 7) is 5.90. The van der Waals surface area contributed by atoms with E-state index in [1.54, 1.807) is 12.7 Å². The summed E-state index contributed by atoms with van der Waals surface area (Å²) in [5.74, 6) is 0.891. The third kappa shape index (κ3) is 4.15. The van der Waals surface area contributed by atoms with Crippen LogP contribution < -0.4 is 0 Å². The standard InChI is InChI=1S/C18H30N4O2/c1-3-17(24-16-6-4-5-14(2)11-16)18(23)21-9-7-15(8-10-21)22-13-19-12-20-22/h12-17H,3-11H2,1-2H3/t14-,16-,17+/m1/s1. The molecule has 0 aromatic carbocycles. The summed E-state index contributed by atoms with van der Waals surface area (Å²) in [6, 6.07) is 0.358. The van der Waals surface area contributed by atoms with Crippen LogP contribution in [0.25, 0.3) is 0 Å². The van der Waals surface area contributed by atoms with Crippen LogP contribution in [0.5, 0.6) is 0 Å². The maximum absolute atomic E-state index is 12.8. The molecule has 1 aliphatic carbocycles. The summed E-state index contributed by atoms with van der Waals surface area (Å²) in [6.07, 6.45) is 10.7. The van der Waals surface area contributed by atoms with E-state index in [1.165, 1.54) is 12.8 Å². The molecule has 0 spiro atoms. The molecule has 0 unspecified atom stereocenters. The average Bonchev–Trinajstić information content (AvgIpc) is 3.14. The number of rotatable bonds is 5. The monoisotopic (exact) mass is 334 g/mol. The van der Waals surface area contributed by atoms with E-state index in [2.05, 4.69) is 23.9 Å². The van der Waals surface area contributed by atoms with Crippen LogP contribution in [0.1, 0.15) is 64.8 Å². The maximum atomic E-state index is 12.8. The fourth-order valence-electron chi connectivity index (χ4n) is 4.02. The van der Waals surface area contributed by atoms with Crippen molar-refractivity contribution in [3.63, 3.8) is 0 Å². The predicted molar refractivity (Wildman–Crippen MR) is 91.5 cm³/mol. The first-order valence-corrected chi connectivity index (χ1v) is 9.45. The number of likely N-dealkylation sites (tertiary alicyclic amines) is 1. The van der Waals surface area contributed by atoms with Crippen LogP contribution in [0.3, 0.4) is 0 Å². The Balaban J connectivity index is 1.51. The van der Waals surface area contributed by atoms with Gasteiger partial charge < -0.3 is 9.64 Å². The number of carbonyl (C=O) groups is 1. The van der Waals surface area contributed by atoms with Gasteiger partial charge in [-0.05, 0) is 38.0 Å². The first-order valence-electron chi connectivity index (χ1n) is 9.45. The molecule has 3 atom stereocenters. The van der Waals surface area contributed by atoms with Gasteiger partial charge in [-0.15, -0.1) is 0 Å². The molecule has 1 aliphatic heterocycles. The largest absolute Gasteiger partial charge is 0.365 e. The Labute approximate surface area is 144 Å². The van der Waals surface area contributed by atoms with Crippen LogP contribution in [-0.2, 0) is 9.53 Å². The van der Waals surface area contributed by atoms with Crippen molar-refractivity contribution in [2.75, 3.05) is 13.1 Å². The minimum absolute atomic E-state index is 0.174. The lowest BCUT2D eigenvalue weighted by atomic mass is 9.88. The third-order valence-electron chi connectivity index (χ3n) is 5.48. The topological polar surface area (TPSA) is 60.2 Å². The molecule has 0 bridgehead atoms. The first kappa shape index (κ1) is 17.4. The van der Waals surface area contributed by atoms with E-state index in [0.717, 1.165) is 51.1 Å². The van der Waals surface area contributed by atoms with Crippen molar-refractivity contribution in [2.45, 2.75) is 77.0 Å². The van der Waals surface area contributed by atoms with E-state index >= 15 is 0 Å². The van der Waals surface area contributed by atoms with Crippen molar-refractivity contribution < 1.29 is 9.53 Å². The average molecular weight is 334 g/mol. The molecule has 1 saturated heterocycles. The highest BCUT2D eigenvalue weighted by atomic mass is 16.5. The lowest BCUT2D eigenvalue weighted by molar-refractivity contribution is -0.151. The van der Waals surface area contributed by atoms with Gasteiger partial charge in [0.1, 0.15) is 18.8 Å². The van der Waals surface area contributed by atoms with Crippen molar-refractivity contribution >= 4 is 5.91 Å². The Hall–Kier alpha value is -1.43. The zero-order chi connectivity index (χ0) is 16.9. The van der Waals surface area contributed by atoms with Crippen molar-refractivity contribution in [1.82, 2.24) is 19.7 Å². The smallest absolute Gasteiger partial charge is 0.251 e. The SMILES string of the molecule is CC[C@H](O[C@@H]1CCC[C@@H](C)C1)C(=O)N1CCC(n2cncn2)CC1. The minimum atomic E-state index is -0.275. The van der Waals surface area contributed by atoms with Gasteiger partial charge in [-0.2, -0.15) is 5.10 Å². The van der Waals surface area contributed by atoms with Gasteiger partial charge in [0, 0.05) is 13.1 Å². The summed E-state index contributed by atoms with van der Waals surface area (Å²) < 4.78 is 8.12. The van der Waals surface area contributed by atoms with Crippen molar-refractivity contribution in [3.05, 3.63) is 12.7 Å². The Morgan fingerprint density at radius 3 is 2.71 bits per heavy atom. The highest BCUT2D eigenvalue weighted by Crippen LogP contribution is 2.28. The molecule has 2 heterocycles. The highest BCUT2D eigenvalue weighted by molar-refractivity contribution is 5.81. The molecule has 3 rings (SSSR count). The van der Waals surface area contributed by atoms with E-state index in [9.17, 15) is 4.79 Å². The number of hydrogen-bond acceptors (Lipinski definition) is 4. The zero-order valence-corrected chi connectivity index (χ0v) is 14.9. The number of nitrogens with zero attached hydrogens (tertiary/aromatic N) is 4. The molecule has 2 fully saturated rings. The number of ether oxygens (including phenoxy) is 1. The molecule has 0 N–H and O–H groups in total. The molecule has 1 aromatic rings. The second-order valence-corrected chi connectivity index (χ2v) is 7.36. The van der Waals surface area contributed by atoms with Crippen molar-refractivity contribution in [1.29, 1.82) is 0 Å². The van der Waals surface area contributed by atoms with Gasteiger partial charge >= 0.3 is 0 Å². The highest BCUT2D eigenvalue weighted by Gasteiger charge is 2.31. The van der Waals surface area contributed by atoms with Crippen LogP contribution in [0.2, 0.25) is 0 Å². The fraction of sp³-hybridized carbons (Fsp3) is 0.833. The lowest BCUT2D eigenvalue weighted by Gasteiger charge is -2.36. The Morgan fingerprint density at radius 1 is 1.29 bits per heavy atom. The number of aromatic nitrogens is 3. The molecule has 24 heavy (non-hydrogen) atoms. The second kappa shape index (κ2) is 8.10. The van der Waals surface area contributed by atoms with Crippen molar-refractivity contribution in [3.8, 4) is 0 Å². The maximum Gasteiger partial charge on any atom is 0.251 e. The number of piperidine rings is 1. The number of amides is 1. The summed E-state index contributed by atoms with van der Waals surface area (Å²) in [4.78, 5) is 18.8. The molecule has 6 nitrogen and oxygen atoms in total. The summed E-state index contributed by atoms with van der Waals surface area (Å²) >= 11 is 0. The summed E-state index contributed by atoms with van der Waals surface area (Å²) in [7, 11) is 0. The normalized spacial score (nSPS) is 27.2. The van der Waals surface area contributed by atoms with Crippen LogP contribution in [-0.4, -0.2) is 50.9 Å². The van der Waals surface area contributed by atoms with Gasteiger partial charge in [0.2, 0.25) is 0 Å². The van der Waals surface area contributed by atoms with Crippen LogP contribution in [0, 0.1) is 5.92 Å². The van der Waals surface area contributed by atoms with Crippen LogP contribution >= 0.6 is 0 Å². The van der Waals surface area contributed by atoms with Gasteiger partial charge in [-0.1, -0.05) is 26.7 Å². The molecule has 1 amide bonds. The Bertz CT molecular complexity index is 511.